The topological polar surface area (TPSA) is 189 Å². The van der Waals surface area contributed by atoms with E-state index in [-0.39, 0.29) is 15.8 Å². The fourth-order valence-corrected chi connectivity index (χ4v) is 5.58. The van der Waals surface area contributed by atoms with Gasteiger partial charge < -0.3 is 35.8 Å². The summed E-state index contributed by atoms with van der Waals surface area (Å²) >= 11 is 1.30. The number of hydrogen-bond acceptors (Lipinski definition) is 9. The molecule has 0 aliphatic heterocycles. The molecule has 0 heterocycles. The normalized spacial score (nSPS) is 12.0. The summed E-state index contributed by atoms with van der Waals surface area (Å²) in [5.74, 6) is -2.78. The van der Waals surface area contributed by atoms with E-state index in [0.29, 0.717) is 56.0 Å². The Bertz CT molecular complexity index is 1480. The van der Waals surface area contributed by atoms with Crippen LogP contribution in [0.5, 0.6) is 5.75 Å². The van der Waals surface area contributed by atoms with E-state index in [1.165, 1.54) is 11.8 Å². The van der Waals surface area contributed by atoms with Crippen LogP contribution in [0, 0.1) is 6.92 Å². The van der Waals surface area contributed by atoms with E-state index < -0.39 is 48.3 Å². The molecule has 2 aromatic rings. The lowest BCUT2D eigenvalue weighted by atomic mass is 10.0. The molecule has 0 aliphatic carbocycles. The number of amides is 4. The summed E-state index contributed by atoms with van der Waals surface area (Å²) in [4.78, 5) is 72.7. The van der Waals surface area contributed by atoms with Crippen LogP contribution in [0.3, 0.4) is 0 Å². The third kappa shape index (κ3) is 17.3. The number of nitrogens with one attached hydrogen (secondary N) is 4. The van der Waals surface area contributed by atoms with Gasteiger partial charge in [0.2, 0.25) is 17.7 Å². The molecular weight excluding hydrogens is 664 g/mol. The second-order valence-electron chi connectivity index (χ2n) is 13.0. The number of carbonyl (C=O) groups is 6. The van der Waals surface area contributed by atoms with E-state index >= 15 is 0 Å². The van der Waals surface area contributed by atoms with Gasteiger partial charge in [-0.15, -0.1) is 0 Å². The Balaban J connectivity index is 1.70. The first-order valence-corrected chi connectivity index (χ1v) is 17.3. The molecule has 13 nitrogen and oxygen atoms in total. The van der Waals surface area contributed by atoms with Crippen molar-refractivity contribution < 1.29 is 43.3 Å². The van der Waals surface area contributed by atoms with E-state index in [1.54, 1.807) is 49.4 Å². The zero-order valence-electron chi connectivity index (χ0n) is 29.7. The van der Waals surface area contributed by atoms with Gasteiger partial charge in [0.25, 0.3) is 5.91 Å². The number of hydrogen-bond donors (Lipinski definition) is 5. The van der Waals surface area contributed by atoms with Gasteiger partial charge in [-0.2, -0.15) is 0 Å². The number of carboxylic acids is 1. The molecule has 0 fully saturated rings. The molecule has 2 aromatic carbocycles. The van der Waals surface area contributed by atoms with Gasteiger partial charge in [-0.25, -0.2) is 0 Å². The Kier molecular flexibility index (Phi) is 16.9. The molecule has 0 aliphatic rings. The van der Waals surface area contributed by atoms with Gasteiger partial charge in [-0.1, -0.05) is 43.3 Å². The number of thioether (sulfide) groups is 1. The van der Waals surface area contributed by atoms with Gasteiger partial charge in [-0.05, 0) is 76.4 Å². The Hall–Kier alpha value is -4.43. The van der Waals surface area contributed by atoms with E-state index in [2.05, 4.69) is 21.3 Å². The van der Waals surface area contributed by atoms with Crippen molar-refractivity contribution in [3.63, 3.8) is 0 Å². The lowest BCUT2D eigenvalue weighted by molar-refractivity contribution is -0.139. The van der Waals surface area contributed by atoms with Gasteiger partial charge in [0.1, 0.15) is 11.8 Å². The van der Waals surface area contributed by atoms with Gasteiger partial charge in [0.15, 0.2) is 5.12 Å². The molecule has 4 amide bonds. The van der Waals surface area contributed by atoms with Gasteiger partial charge in [0.05, 0.1) is 25.2 Å². The maximum Gasteiger partial charge on any atom is 0.305 e. The quantitative estimate of drug-likeness (QED) is 0.117. The summed E-state index contributed by atoms with van der Waals surface area (Å²) in [5.41, 5.74) is 1.12. The van der Waals surface area contributed by atoms with Crippen molar-refractivity contribution in [1.29, 1.82) is 0 Å². The number of anilines is 1. The number of ether oxygens (including phenoxy) is 2. The minimum absolute atomic E-state index is 0.0741. The Labute approximate surface area is 298 Å². The fraction of sp³-hybridized carbons (Fsp3) is 0.500. The highest BCUT2D eigenvalue weighted by atomic mass is 32.2. The highest BCUT2D eigenvalue weighted by Gasteiger charge is 2.26. The summed E-state index contributed by atoms with van der Waals surface area (Å²) in [7, 11) is 0. The van der Waals surface area contributed by atoms with Crippen LogP contribution in [-0.2, 0) is 28.7 Å². The average molecular weight is 715 g/mol. The SMILES string of the molecule is CC(=O)SC(C)(C)CCOC(C)(C)CCC(=O)NCCCOc1ccc(NC(=O)[C@H](CC(=O)O)NC(=O)CNC(=O)c2cccc(C)c2)cc1. The number of carbonyl (C=O) groups excluding carboxylic acids is 5. The Morgan fingerprint density at radius 2 is 1.60 bits per heavy atom. The van der Waals surface area contributed by atoms with Gasteiger partial charge >= 0.3 is 5.97 Å². The molecule has 14 heteroatoms. The van der Waals surface area contributed by atoms with Crippen LogP contribution in [-0.4, -0.2) is 82.5 Å². The zero-order valence-corrected chi connectivity index (χ0v) is 30.5. The van der Waals surface area contributed by atoms with E-state index in [0.717, 1.165) is 12.0 Å². The van der Waals surface area contributed by atoms with E-state index in [1.807, 2.05) is 40.7 Å². The van der Waals surface area contributed by atoms with Crippen molar-refractivity contribution in [3.05, 3.63) is 59.7 Å². The summed E-state index contributed by atoms with van der Waals surface area (Å²) in [6, 6.07) is 11.8. The molecule has 274 valence electrons. The van der Waals surface area contributed by atoms with Crippen molar-refractivity contribution in [2.45, 2.75) is 90.0 Å². The fourth-order valence-electron chi connectivity index (χ4n) is 4.62. The van der Waals surface area contributed by atoms with Crippen LogP contribution in [0.4, 0.5) is 5.69 Å². The van der Waals surface area contributed by atoms with Crippen molar-refractivity contribution >= 4 is 52.2 Å². The Morgan fingerprint density at radius 3 is 2.24 bits per heavy atom. The number of benzene rings is 2. The van der Waals surface area contributed by atoms with Crippen molar-refractivity contribution in [2.75, 3.05) is 31.6 Å². The number of carboxylic acid groups (broad SMARTS) is 1. The van der Waals surface area contributed by atoms with Crippen LogP contribution < -0.4 is 26.0 Å². The third-order valence-electron chi connectivity index (χ3n) is 7.33. The second-order valence-corrected chi connectivity index (χ2v) is 14.9. The minimum atomic E-state index is -1.38. The number of rotatable bonds is 21. The molecule has 5 N–H and O–H groups in total. The van der Waals surface area contributed by atoms with Crippen LogP contribution in [0.15, 0.2) is 48.5 Å². The molecular formula is C36H50N4O9S. The number of aryl methyl sites for hydroxylation is 1. The summed E-state index contributed by atoms with van der Waals surface area (Å²) < 4.78 is 11.5. The first kappa shape index (κ1) is 41.7. The average Bonchev–Trinajstić information content (AvgIpc) is 3.02. The van der Waals surface area contributed by atoms with Gasteiger partial charge in [0, 0.05) is 42.5 Å². The second kappa shape index (κ2) is 20.3. The van der Waals surface area contributed by atoms with Crippen LogP contribution in [0.2, 0.25) is 0 Å². The van der Waals surface area contributed by atoms with Gasteiger partial charge in [-0.3, -0.25) is 28.8 Å². The predicted molar refractivity (Wildman–Crippen MR) is 192 cm³/mol. The summed E-state index contributed by atoms with van der Waals surface area (Å²) in [6.07, 6.45) is 1.49. The predicted octanol–water partition coefficient (Wildman–Crippen LogP) is 4.23. The van der Waals surface area contributed by atoms with Crippen LogP contribution in [0.1, 0.15) is 82.6 Å². The van der Waals surface area contributed by atoms with E-state index in [4.69, 9.17) is 9.47 Å². The summed E-state index contributed by atoms with van der Waals surface area (Å²) in [6.45, 7) is 12.1. The molecule has 0 bridgehead atoms. The monoisotopic (exact) mass is 714 g/mol. The maximum atomic E-state index is 12.8. The minimum Gasteiger partial charge on any atom is -0.494 e. The summed E-state index contributed by atoms with van der Waals surface area (Å²) in [5, 5.41) is 19.6. The molecule has 1 atom stereocenters. The highest BCUT2D eigenvalue weighted by molar-refractivity contribution is 8.14. The van der Waals surface area contributed by atoms with E-state index in [9.17, 15) is 33.9 Å². The molecule has 2 rings (SSSR count). The molecule has 0 saturated heterocycles. The molecule has 0 radical (unpaired) electrons. The van der Waals surface area contributed by atoms with Crippen molar-refractivity contribution in [3.8, 4) is 5.75 Å². The van der Waals surface area contributed by atoms with Crippen LogP contribution >= 0.6 is 11.8 Å². The Morgan fingerprint density at radius 1 is 0.900 bits per heavy atom. The first-order valence-electron chi connectivity index (χ1n) is 16.4. The molecule has 50 heavy (non-hydrogen) atoms. The highest BCUT2D eigenvalue weighted by Crippen LogP contribution is 2.29. The van der Waals surface area contributed by atoms with Crippen molar-refractivity contribution in [1.82, 2.24) is 16.0 Å². The third-order valence-corrected chi connectivity index (χ3v) is 8.37. The largest absolute Gasteiger partial charge is 0.494 e. The lowest BCUT2D eigenvalue weighted by Gasteiger charge is -2.28. The maximum absolute atomic E-state index is 12.8. The molecule has 0 aromatic heterocycles. The smallest absolute Gasteiger partial charge is 0.305 e. The zero-order chi connectivity index (χ0) is 37.3. The lowest BCUT2D eigenvalue weighted by Crippen LogP contribution is -2.48. The number of aliphatic carboxylic acids is 1. The standard InChI is InChI=1S/C36H50N4O9S/c1-24-9-7-10-26(21-24)33(46)38-23-31(43)40-29(22-32(44)45)34(47)39-27-11-13-28(14-12-27)48-19-8-18-37-30(42)15-16-35(3,4)49-20-17-36(5,6)50-25(2)41/h7,9-14,21,29H,8,15-20,22-23H2,1-6H3,(H,37,42)(H,38,46)(H,39,47)(H,40,43)(H,44,45)/t29-/m0/s1. The molecule has 0 saturated carbocycles. The molecule has 0 spiro atoms. The van der Waals surface area contributed by atoms with Crippen molar-refractivity contribution in [2.24, 2.45) is 0 Å². The molecule has 0 unspecified atom stereocenters. The first-order chi connectivity index (χ1) is 23.4. The van der Waals surface area contributed by atoms with Crippen LogP contribution in [0.25, 0.3) is 0 Å².